The molecule has 0 fully saturated rings. The van der Waals surface area contributed by atoms with Crippen LogP contribution in [0, 0.1) is 0 Å². The SMILES string of the molecule is CC1(C)c2ccccc2-c2ccc(-n3c4ccccc4c4cc(-c5ccc6c(c5)c5ccccc5n6-c5ccc(-c6cc(-c7ccccc7)nc(-c7cccc(-n8c9ccc(-c%10ccc%11c(c%10)c%10ccccc%10n%11-c%10ccc%11c(c%10)C(C)(C)c%10ccccc%10-%11)cc9c9cc(-c%10ccc%11c(c%10)c%10ccccc%10n%11-c%10ccc%11c(c%10)C(C)(C)c%10ccccc%10-%11)ccc98)c7)n6)cc5)ccc43)cc21. The highest BCUT2D eigenvalue weighted by Crippen LogP contribution is 2.55. The van der Waals surface area contributed by atoms with Crippen molar-refractivity contribution in [2.75, 3.05) is 0 Å². The molecule has 7 nitrogen and oxygen atoms in total. The zero-order valence-corrected chi connectivity index (χ0v) is 75.0. The van der Waals surface area contributed by atoms with Gasteiger partial charge < -0.3 is 22.8 Å². The van der Waals surface area contributed by atoms with Crippen molar-refractivity contribution in [3.8, 4) is 129 Å². The Kier molecular flexibility index (Phi) is 16.0. The second-order valence-corrected chi connectivity index (χ2v) is 38.8. The molecule has 0 amide bonds. The van der Waals surface area contributed by atoms with Crippen LogP contribution < -0.4 is 0 Å². The lowest BCUT2D eigenvalue weighted by atomic mass is 9.82. The molecule has 28 rings (SSSR count). The van der Waals surface area contributed by atoms with Crippen LogP contribution in [0.15, 0.2) is 419 Å². The normalized spacial score (nSPS) is 13.8. The van der Waals surface area contributed by atoms with E-state index in [1.807, 2.05) is 0 Å². The Morgan fingerprint density at radius 3 is 0.746 bits per heavy atom. The summed E-state index contributed by atoms with van der Waals surface area (Å²) in [6, 6.07) is 157. The standard InChI is InChI=1S/C127H87N7/c1-125(2)106-36-17-10-29-90(106)93-56-53-87(72-109(93)125)132-115-40-21-14-33-97(115)101-67-79(46-60-119(101)132)78-45-59-118-100(66-78)96-32-13-20-39-114(96)130(118)85-51-43-77(44-52-85)113-75-112(76-25-8-7-9-26-76)128-124(129-113)84-27-24-28-86(65-84)131-122-63-49-82(80-47-61-120-102(68-80)98-34-15-22-41-116(98)133(120)88-54-57-94-91-30-11-18-37-107(91)126(3,4)110(94)73-88)70-104(122)105-71-83(50-64-123(105)131)81-48-62-121-103(69-81)99-35-16-23-42-117(99)134(121)89-55-58-95-92-31-12-19-38-108(92)127(5,6)111(95)74-89/h7-75H,1-6H3. The minimum atomic E-state index is -0.135. The molecule has 3 aliphatic rings. The van der Waals surface area contributed by atoms with E-state index in [9.17, 15) is 0 Å². The lowest BCUT2D eigenvalue weighted by Crippen LogP contribution is -2.15. The Morgan fingerprint density at radius 1 is 0.157 bits per heavy atom. The van der Waals surface area contributed by atoms with E-state index in [-0.39, 0.29) is 16.2 Å². The van der Waals surface area contributed by atoms with Crippen molar-refractivity contribution in [3.63, 3.8) is 0 Å². The summed E-state index contributed by atoms with van der Waals surface area (Å²) in [6.45, 7) is 14.2. The summed E-state index contributed by atoms with van der Waals surface area (Å²) < 4.78 is 12.3. The van der Waals surface area contributed by atoms with Crippen molar-refractivity contribution in [1.29, 1.82) is 0 Å². The van der Waals surface area contributed by atoms with Crippen molar-refractivity contribution < 1.29 is 0 Å². The van der Waals surface area contributed by atoms with E-state index in [4.69, 9.17) is 9.97 Å². The Bertz CT molecular complexity index is 9130. The molecule has 6 aromatic heterocycles. The second-order valence-electron chi connectivity index (χ2n) is 38.8. The molecule has 0 saturated heterocycles. The summed E-state index contributed by atoms with van der Waals surface area (Å²) in [5.41, 5.74) is 44.5. The van der Waals surface area contributed by atoms with Gasteiger partial charge in [0.05, 0.1) is 66.6 Å². The molecule has 0 N–H and O–H groups in total. The lowest BCUT2D eigenvalue weighted by molar-refractivity contribution is 0.660. The topological polar surface area (TPSA) is 50.4 Å². The van der Waals surface area contributed by atoms with E-state index in [0.29, 0.717) is 5.82 Å². The van der Waals surface area contributed by atoms with Crippen LogP contribution in [0.4, 0.5) is 0 Å². The largest absolute Gasteiger partial charge is 0.309 e. The average Bonchev–Trinajstić information content (AvgIpc) is 1.57. The van der Waals surface area contributed by atoms with Crippen LogP contribution in [-0.4, -0.2) is 32.8 Å². The number of para-hydroxylation sites is 4. The zero-order valence-electron chi connectivity index (χ0n) is 75.0. The van der Waals surface area contributed by atoms with Crippen molar-refractivity contribution in [3.05, 3.63) is 452 Å². The Morgan fingerprint density at radius 2 is 0.403 bits per heavy atom. The van der Waals surface area contributed by atoms with Crippen molar-refractivity contribution in [2.45, 2.75) is 57.8 Å². The van der Waals surface area contributed by atoms with Gasteiger partial charge in [0.15, 0.2) is 5.82 Å². The number of hydrogen-bond donors (Lipinski definition) is 0. The number of fused-ring (bicyclic) bond motifs is 24. The minimum Gasteiger partial charge on any atom is -0.309 e. The van der Waals surface area contributed by atoms with Gasteiger partial charge in [-0.3, -0.25) is 0 Å². The predicted molar refractivity (Wildman–Crippen MR) is 559 cm³/mol. The van der Waals surface area contributed by atoms with Crippen LogP contribution in [-0.2, 0) is 16.2 Å². The van der Waals surface area contributed by atoms with Crippen molar-refractivity contribution >= 4 is 109 Å². The highest BCUT2D eigenvalue weighted by Gasteiger charge is 2.39. The highest BCUT2D eigenvalue weighted by molar-refractivity contribution is 6.17. The molecular weight excluding hydrogens is 1620 g/mol. The molecule has 19 aromatic carbocycles. The van der Waals surface area contributed by atoms with Crippen molar-refractivity contribution in [2.24, 2.45) is 0 Å². The van der Waals surface area contributed by atoms with E-state index in [1.54, 1.807) is 0 Å². The van der Waals surface area contributed by atoms with Gasteiger partial charge in [0.2, 0.25) is 0 Å². The van der Waals surface area contributed by atoms with Gasteiger partial charge in [-0.2, -0.15) is 0 Å². The van der Waals surface area contributed by atoms with Gasteiger partial charge in [-0.25, -0.2) is 9.97 Å². The van der Waals surface area contributed by atoms with E-state index in [0.717, 1.165) is 94.5 Å². The first kappa shape index (κ1) is 76.2. The van der Waals surface area contributed by atoms with Crippen LogP contribution in [0.2, 0.25) is 0 Å². The zero-order chi connectivity index (χ0) is 88.9. The van der Waals surface area contributed by atoms with Gasteiger partial charge in [-0.05, 0) is 264 Å². The van der Waals surface area contributed by atoms with Gasteiger partial charge in [-0.15, -0.1) is 0 Å². The fraction of sp³-hybridized carbons (Fsp3) is 0.0709. The quantitative estimate of drug-likeness (QED) is 0.130. The molecule has 7 heteroatoms. The van der Waals surface area contributed by atoms with Crippen LogP contribution in [0.5, 0.6) is 0 Å². The van der Waals surface area contributed by atoms with Gasteiger partial charge in [-0.1, -0.05) is 296 Å². The predicted octanol–water partition coefficient (Wildman–Crippen LogP) is 32.9. The number of rotatable bonds is 11. The van der Waals surface area contributed by atoms with Crippen LogP contribution in [0.25, 0.3) is 238 Å². The van der Waals surface area contributed by atoms with E-state index >= 15 is 0 Å². The molecular formula is C127H87N7. The smallest absolute Gasteiger partial charge is 0.160 e. The molecule has 0 atom stereocenters. The molecule has 3 aliphatic carbocycles. The Labute approximate surface area is 775 Å². The van der Waals surface area contributed by atoms with Crippen LogP contribution in [0.1, 0.15) is 74.9 Å². The van der Waals surface area contributed by atoms with Crippen LogP contribution in [0.3, 0.4) is 0 Å². The maximum atomic E-state index is 5.59. The molecule has 630 valence electrons. The molecule has 0 aliphatic heterocycles. The molecule has 25 aromatic rings. The number of aromatic nitrogens is 7. The molecule has 6 heterocycles. The average molecular weight is 1710 g/mol. The first-order valence-corrected chi connectivity index (χ1v) is 46.8. The van der Waals surface area contributed by atoms with Crippen molar-refractivity contribution in [1.82, 2.24) is 32.8 Å². The first-order chi connectivity index (χ1) is 65.7. The maximum Gasteiger partial charge on any atom is 0.160 e. The fourth-order valence-electron chi connectivity index (χ4n) is 23.9. The highest BCUT2D eigenvalue weighted by atomic mass is 15.0. The van der Waals surface area contributed by atoms with Gasteiger partial charge in [0.25, 0.3) is 0 Å². The van der Waals surface area contributed by atoms with E-state index in [2.05, 4.69) is 483 Å². The summed E-state index contributed by atoms with van der Waals surface area (Å²) in [5, 5.41) is 12.1. The molecule has 0 saturated carbocycles. The number of benzene rings is 19. The van der Waals surface area contributed by atoms with Gasteiger partial charge >= 0.3 is 0 Å². The monoisotopic (exact) mass is 1710 g/mol. The van der Waals surface area contributed by atoms with Crippen LogP contribution >= 0.6 is 0 Å². The van der Waals surface area contributed by atoms with E-state index < -0.39 is 0 Å². The summed E-state index contributed by atoms with van der Waals surface area (Å²) in [6.07, 6.45) is 0. The molecule has 134 heavy (non-hydrogen) atoms. The summed E-state index contributed by atoms with van der Waals surface area (Å²) in [7, 11) is 0. The third kappa shape index (κ3) is 11.0. The summed E-state index contributed by atoms with van der Waals surface area (Å²) in [4.78, 5) is 11.1. The Hall–Kier alpha value is -16.7. The third-order valence-electron chi connectivity index (χ3n) is 30.5. The van der Waals surface area contributed by atoms with E-state index in [1.165, 1.54) is 171 Å². The maximum absolute atomic E-state index is 5.59. The Balaban J connectivity index is 0.549. The van der Waals surface area contributed by atoms with Gasteiger partial charge in [0.1, 0.15) is 0 Å². The minimum absolute atomic E-state index is 0.109. The summed E-state index contributed by atoms with van der Waals surface area (Å²) in [5.74, 6) is 0.639. The fourth-order valence-corrected chi connectivity index (χ4v) is 23.9. The number of nitrogens with zero attached hydrogens (tertiary/aromatic N) is 7. The second kappa shape index (κ2) is 28.1. The number of hydrogen-bond acceptors (Lipinski definition) is 2. The first-order valence-electron chi connectivity index (χ1n) is 46.8. The molecule has 0 spiro atoms. The summed E-state index contributed by atoms with van der Waals surface area (Å²) >= 11 is 0. The molecule has 0 bridgehead atoms. The third-order valence-corrected chi connectivity index (χ3v) is 30.5. The molecule has 0 unspecified atom stereocenters. The molecule has 0 radical (unpaired) electrons. The van der Waals surface area contributed by atoms with Gasteiger partial charge in [0, 0.05) is 115 Å². The lowest BCUT2D eigenvalue weighted by Gasteiger charge is -2.22.